The van der Waals surface area contributed by atoms with E-state index in [4.69, 9.17) is 9.15 Å². The summed E-state index contributed by atoms with van der Waals surface area (Å²) >= 11 is 1.63. The molecule has 1 amide bonds. The first kappa shape index (κ1) is 18.7. The van der Waals surface area contributed by atoms with Crippen molar-refractivity contribution in [2.24, 2.45) is 0 Å². The summed E-state index contributed by atoms with van der Waals surface area (Å²) in [5, 5.41) is 21.6. The van der Waals surface area contributed by atoms with Gasteiger partial charge in [0.05, 0.1) is 23.2 Å². The second-order valence-corrected chi connectivity index (χ2v) is 8.40. The third kappa shape index (κ3) is 4.11. The van der Waals surface area contributed by atoms with Crippen molar-refractivity contribution >= 4 is 17.2 Å². The summed E-state index contributed by atoms with van der Waals surface area (Å²) < 4.78 is 11.7. The van der Waals surface area contributed by atoms with Crippen LogP contribution in [0.25, 0.3) is 10.6 Å². The fraction of sp³-hybridized carbons (Fsp3) is 0.550. The van der Waals surface area contributed by atoms with Crippen LogP contribution in [0.2, 0.25) is 0 Å². The van der Waals surface area contributed by atoms with Gasteiger partial charge >= 0.3 is 0 Å². The van der Waals surface area contributed by atoms with Gasteiger partial charge in [0.1, 0.15) is 17.6 Å². The van der Waals surface area contributed by atoms with Gasteiger partial charge < -0.3 is 24.3 Å². The van der Waals surface area contributed by atoms with Crippen molar-refractivity contribution in [2.45, 2.75) is 49.9 Å². The maximum Gasteiger partial charge on any atom is 0.223 e. The molecule has 0 bridgehead atoms. The summed E-state index contributed by atoms with van der Waals surface area (Å²) in [6, 6.07) is 7.91. The van der Waals surface area contributed by atoms with Gasteiger partial charge in [-0.2, -0.15) is 0 Å². The third-order valence-corrected chi connectivity index (χ3v) is 6.51. The Hall–Kier alpha value is -1.67. The minimum atomic E-state index is -0.803. The molecular formula is C20H25NO5S. The molecule has 2 fully saturated rings. The van der Waals surface area contributed by atoms with Crippen molar-refractivity contribution in [3.63, 3.8) is 0 Å². The second kappa shape index (κ2) is 7.75. The molecular weight excluding hydrogens is 366 g/mol. The zero-order valence-corrected chi connectivity index (χ0v) is 16.0. The first-order valence-corrected chi connectivity index (χ1v) is 10.3. The molecule has 0 saturated carbocycles. The van der Waals surface area contributed by atoms with Gasteiger partial charge in [-0.25, -0.2) is 0 Å². The fourth-order valence-corrected chi connectivity index (χ4v) is 4.60. The molecule has 4 heterocycles. The van der Waals surface area contributed by atoms with E-state index in [1.54, 1.807) is 11.3 Å². The van der Waals surface area contributed by atoms with Gasteiger partial charge in [-0.15, -0.1) is 11.3 Å². The number of likely N-dealkylation sites (tertiary alicyclic amines) is 1. The lowest BCUT2D eigenvalue weighted by Gasteiger charge is -2.46. The number of nitrogens with zero attached hydrogens (tertiary/aromatic N) is 1. The number of aliphatic hydroxyl groups is 2. The van der Waals surface area contributed by atoms with E-state index in [1.807, 2.05) is 34.5 Å². The molecule has 2 N–H and O–H groups in total. The lowest BCUT2D eigenvalue weighted by molar-refractivity contribution is -0.188. The van der Waals surface area contributed by atoms with Gasteiger partial charge in [0.15, 0.2) is 0 Å². The predicted octanol–water partition coefficient (Wildman–Crippen LogP) is 2.44. The summed E-state index contributed by atoms with van der Waals surface area (Å²) in [5.74, 6) is 1.80. The molecule has 0 unspecified atom stereocenters. The molecule has 0 radical (unpaired) electrons. The monoisotopic (exact) mass is 391 g/mol. The van der Waals surface area contributed by atoms with Crippen molar-refractivity contribution in [1.82, 2.24) is 4.90 Å². The molecule has 27 heavy (non-hydrogen) atoms. The summed E-state index contributed by atoms with van der Waals surface area (Å²) in [5.41, 5.74) is -0.397. The first-order valence-electron chi connectivity index (χ1n) is 9.45. The first-order chi connectivity index (χ1) is 13.0. The molecule has 0 aliphatic carbocycles. The van der Waals surface area contributed by atoms with Crippen LogP contribution in [0.15, 0.2) is 34.1 Å². The molecule has 2 saturated heterocycles. The Kier molecular flexibility index (Phi) is 5.36. The number of hydrogen-bond donors (Lipinski definition) is 2. The van der Waals surface area contributed by atoms with Crippen LogP contribution in [0.1, 0.15) is 31.4 Å². The number of carbonyl (C=O) groups excluding carboxylic acids is 1. The maximum atomic E-state index is 12.6. The number of piperidine rings is 1. The standard InChI is InChI=1S/C20H25NO5S/c22-15-12-20(25-13-16(15)23)7-9-21(10-8-20)19(24)6-4-14-3-5-17(26-14)18-2-1-11-27-18/h1-3,5,11,15-16,22-23H,4,6-10,12-13H2/t15-,16+/m1/s1. The average Bonchev–Trinajstić information content (AvgIpc) is 3.35. The van der Waals surface area contributed by atoms with Crippen molar-refractivity contribution in [3.05, 3.63) is 35.4 Å². The highest BCUT2D eigenvalue weighted by molar-refractivity contribution is 7.13. The van der Waals surface area contributed by atoms with Crippen LogP contribution in [0.4, 0.5) is 0 Å². The lowest BCUT2D eigenvalue weighted by Crippen LogP contribution is -2.55. The zero-order valence-electron chi connectivity index (χ0n) is 15.2. The van der Waals surface area contributed by atoms with Crippen molar-refractivity contribution in [1.29, 1.82) is 0 Å². The Bertz CT molecular complexity index is 763. The minimum Gasteiger partial charge on any atom is -0.460 e. The van der Waals surface area contributed by atoms with Crippen LogP contribution in [-0.2, 0) is 16.0 Å². The number of aliphatic hydroxyl groups excluding tert-OH is 2. The van der Waals surface area contributed by atoms with Gasteiger partial charge in [0.25, 0.3) is 0 Å². The smallest absolute Gasteiger partial charge is 0.223 e. The average molecular weight is 391 g/mol. The maximum absolute atomic E-state index is 12.6. The molecule has 6 nitrogen and oxygen atoms in total. The van der Waals surface area contributed by atoms with Gasteiger partial charge in [-0.3, -0.25) is 4.79 Å². The van der Waals surface area contributed by atoms with Crippen LogP contribution < -0.4 is 0 Å². The molecule has 1 spiro atoms. The molecule has 2 atom stereocenters. The van der Waals surface area contributed by atoms with E-state index in [-0.39, 0.29) is 12.5 Å². The van der Waals surface area contributed by atoms with Crippen molar-refractivity contribution < 1.29 is 24.2 Å². The normalized spacial score (nSPS) is 25.0. The minimum absolute atomic E-state index is 0.121. The molecule has 7 heteroatoms. The highest BCUT2D eigenvalue weighted by Crippen LogP contribution is 2.35. The SMILES string of the molecule is O=C(CCc1ccc(-c2cccs2)o1)N1CCC2(CC1)C[C@@H](O)[C@@H](O)CO2. The summed E-state index contributed by atoms with van der Waals surface area (Å²) in [7, 11) is 0. The Morgan fingerprint density at radius 1 is 1.22 bits per heavy atom. The van der Waals surface area contributed by atoms with Crippen LogP contribution in [0.5, 0.6) is 0 Å². The van der Waals surface area contributed by atoms with Gasteiger partial charge in [0, 0.05) is 32.4 Å². The zero-order chi connectivity index (χ0) is 18.9. The van der Waals surface area contributed by atoms with Crippen LogP contribution in [0.3, 0.4) is 0 Å². The molecule has 2 aliphatic rings. The number of furan rings is 1. The Balaban J connectivity index is 1.26. The van der Waals surface area contributed by atoms with E-state index < -0.39 is 17.8 Å². The second-order valence-electron chi connectivity index (χ2n) is 7.46. The number of carbonyl (C=O) groups is 1. The molecule has 4 rings (SSSR count). The largest absolute Gasteiger partial charge is 0.460 e. The molecule has 2 aromatic rings. The van der Waals surface area contributed by atoms with E-state index in [0.29, 0.717) is 45.2 Å². The quantitative estimate of drug-likeness (QED) is 0.837. The summed E-state index contributed by atoms with van der Waals surface area (Å²) in [6.45, 7) is 1.42. The van der Waals surface area contributed by atoms with E-state index in [2.05, 4.69) is 0 Å². The van der Waals surface area contributed by atoms with Crippen LogP contribution in [-0.4, -0.2) is 58.5 Å². The predicted molar refractivity (Wildman–Crippen MR) is 101 cm³/mol. The molecule has 2 aromatic heterocycles. The van der Waals surface area contributed by atoms with Crippen LogP contribution in [0, 0.1) is 0 Å². The number of ether oxygens (including phenoxy) is 1. The highest BCUT2D eigenvalue weighted by atomic mass is 32.1. The Morgan fingerprint density at radius 2 is 2.04 bits per heavy atom. The number of hydrogen-bond acceptors (Lipinski definition) is 6. The number of amides is 1. The molecule has 2 aliphatic heterocycles. The van der Waals surface area contributed by atoms with Crippen molar-refractivity contribution in [3.8, 4) is 10.6 Å². The number of aryl methyl sites for hydroxylation is 1. The van der Waals surface area contributed by atoms with Gasteiger partial charge in [-0.1, -0.05) is 6.07 Å². The lowest BCUT2D eigenvalue weighted by atomic mass is 9.82. The fourth-order valence-electron chi connectivity index (χ4n) is 3.91. The van der Waals surface area contributed by atoms with E-state index in [0.717, 1.165) is 16.4 Å². The number of rotatable bonds is 4. The molecule has 0 aromatic carbocycles. The van der Waals surface area contributed by atoms with E-state index in [1.165, 1.54) is 0 Å². The van der Waals surface area contributed by atoms with E-state index >= 15 is 0 Å². The Labute approximate surface area is 162 Å². The van der Waals surface area contributed by atoms with Gasteiger partial charge in [0.2, 0.25) is 5.91 Å². The highest BCUT2D eigenvalue weighted by Gasteiger charge is 2.43. The Morgan fingerprint density at radius 3 is 2.74 bits per heavy atom. The number of thiophene rings is 1. The summed E-state index contributed by atoms with van der Waals surface area (Å²) in [6.07, 6.45) is 1.31. The van der Waals surface area contributed by atoms with Gasteiger partial charge in [-0.05, 0) is 36.4 Å². The topological polar surface area (TPSA) is 83.1 Å². The van der Waals surface area contributed by atoms with Crippen molar-refractivity contribution in [2.75, 3.05) is 19.7 Å². The van der Waals surface area contributed by atoms with E-state index in [9.17, 15) is 15.0 Å². The molecule has 146 valence electrons. The summed E-state index contributed by atoms with van der Waals surface area (Å²) in [4.78, 5) is 15.5. The third-order valence-electron chi connectivity index (χ3n) is 5.62. The van der Waals surface area contributed by atoms with Crippen LogP contribution >= 0.6 is 11.3 Å².